The Morgan fingerprint density at radius 3 is 2.39 bits per heavy atom. The van der Waals surface area contributed by atoms with Gasteiger partial charge in [-0.05, 0) is 62.1 Å². The number of nitro benzene ring substituents is 1. The number of hydrogen-bond donors (Lipinski definition) is 1. The fraction of sp³-hybridized carbons (Fsp3) is 0.250. The van der Waals surface area contributed by atoms with Gasteiger partial charge in [0.15, 0.2) is 0 Å². The molecule has 194 valence electrons. The third-order valence-corrected chi connectivity index (χ3v) is 7.00. The second kappa shape index (κ2) is 9.97. The van der Waals surface area contributed by atoms with Crippen molar-refractivity contribution in [3.05, 3.63) is 92.8 Å². The van der Waals surface area contributed by atoms with Crippen LogP contribution in [0, 0.1) is 24.0 Å². The zero-order chi connectivity index (χ0) is 27.0. The van der Waals surface area contributed by atoms with Crippen LogP contribution >= 0.6 is 0 Å². The lowest BCUT2D eigenvalue weighted by Crippen LogP contribution is -2.53. The molecule has 4 amide bonds. The lowest BCUT2D eigenvalue weighted by Gasteiger charge is -2.26. The van der Waals surface area contributed by atoms with Gasteiger partial charge in [0.2, 0.25) is 0 Å². The summed E-state index contributed by atoms with van der Waals surface area (Å²) < 4.78 is 1.85. The van der Waals surface area contributed by atoms with E-state index in [0.29, 0.717) is 22.6 Å². The molecule has 0 saturated carbocycles. The van der Waals surface area contributed by atoms with Crippen LogP contribution in [0.15, 0.2) is 60.2 Å². The van der Waals surface area contributed by atoms with Gasteiger partial charge in [0.25, 0.3) is 17.5 Å². The summed E-state index contributed by atoms with van der Waals surface area (Å²) in [5.74, 6) is -1.45. The molecule has 5 rings (SSSR count). The molecule has 1 aromatic heterocycles. The van der Waals surface area contributed by atoms with Crippen LogP contribution in [0.1, 0.15) is 35.4 Å². The molecule has 1 N–H and O–H groups in total. The van der Waals surface area contributed by atoms with Crippen LogP contribution in [-0.2, 0) is 16.1 Å². The van der Waals surface area contributed by atoms with E-state index in [9.17, 15) is 24.5 Å². The molecule has 3 aromatic rings. The molecule has 2 aliphatic heterocycles. The molecule has 0 radical (unpaired) electrons. The molecule has 3 heterocycles. The topological polar surface area (TPSA) is 118 Å². The average molecular weight is 514 g/mol. The second-order valence-electron chi connectivity index (χ2n) is 9.48. The molecule has 2 aromatic carbocycles. The van der Waals surface area contributed by atoms with Crippen LogP contribution in [0.4, 0.5) is 16.2 Å². The number of benzene rings is 2. The molecule has 0 atom stereocenters. The maximum Gasteiger partial charge on any atom is 0.331 e. The van der Waals surface area contributed by atoms with Crippen LogP contribution in [-0.4, -0.2) is 45.3 Å². The molecule has 0 unspecified atom stereocenters. The first-order valence-electron chi connectivity index (χ1n) is 12.4. The van der Waals surface area contributed by atoms with E-state index in [1.165, 1.54) is 6.08 Å². The number of aryl methyl sites for hydroxylation is 1. The van der Waals surface area contributed by atoms with Gasteiger partial charge in [-0.1, -0.05) is 30.3 Å². The van der Waals surface area contributed by atoms with Crippen molar-refractivity contribution in [1.82, 2.24) is 14.8 Å². The van der Waals surface area contributed by atoms with E-state index >= 15 is 0 Å². The summed E-state index contributed by atoms with van der Waals surface area (Å²) in [5.41, 5.74) is 3.92. The summed E-state index contributed by atoms with van der Waals surface area (Å²) in [7, 11) is 0. The van der Waals surface area contributed by atoms with E-state index in [2.05, 4.69) is 5.32 Å². The van der Waals surface area contributed by atoms with Crippen LogP contribution in [0.2, 0.25) is 0 Å². The number of rotatable bonds is 6. The predicted octanol–water partition coefficient (Wildman–Crippen LogP) is 4.26. The van der Waals surface area contributed by atoms with E-state index in [-0.39, 0.29) is 22.7 Å². The Morgan fingerprint density at radius 1 is 1.00 bits per heavy atom. The minimum Gasteiger partial charge on any atom is -0.366 e. The number of amides is 4. The Kier molecular flexibility index (Phi) is 6.54. The smallest absolute Gasteiger partial charge is 0.331 e. The Labute approximate surface area is 219 Å². The SMILES string of the molecule is Cc1cc(/C=C2\C(=O)NC(=O)N(Cc3ccccc3)C2=O)c(C)n1-c1ccc(N2CCCC2)c([N+](=O)[O-])c1. The molecule has 0 bridgehead atoms. The maximum atomic E-state index is 13.2. The van der Waals surface area contributed by atoms with Gasteiger partial charge in [-0.15, -0.1) is 0 Å². The van der Waals surface area contributed by atoms with E-state index in [1.54, 1.807) is 42.5 Å². The Balaban J connectivity index is 1.49. The number of nitro groups is 1. The van der Waals surface area contributed by atoms with Gasteiger partial charge in [0.1, 0.15) is 11.3 Å². The third kappa shape index (κ3) is 4.56. The number of anilines is 1. The molecule has 0 spiro atoms. The average Bonchev–Trinajstić information content (AvgIpc) is 3.52. The van der Waals surface area contributed by atoms with Gasteiger partial charge in [-0.3, -0.25) is 29.9 Å². The zero-order valence-electron chi connectivity index (χ0n) is 21.1. The summed E-state index contributed by atoms with van der Waals surface area (Å²) in [4.78, 5) is 52.8. The number of hydrogen-bond acceptors (Lipinski definition) is 6. The Morgan fingerprint density at radius 2 is 1.71 bits per heavy atom. The minimum atomic E-state index is -0.767. The van der Waals surface area contributed by atoms with Gasteiger partial charge >= 0.3 is 6.03 Å². The summed E-state index contributed by atoms with van der Waals surface area (Å²) in [6, 6.07) is 15.3. The highest BCUT2D eigenvalue weighted by molar-refractivity contribution is 6.31. The van der Waals surface area contributed by atoms with Crippen LogP contribution in [0.5, 0.6) is 0 Å². The van der Waals surface area contributed by atoms with Gasteiger partial charge in [0, 0.05) is 30.5 Å². The van der Waals surface area contributed by atoms with E-state index in [4.69, 9.17) is 0 Å². The quantitative estimate of drug-likeness (QED) is 0.228. The van der Waals surface area contributed by atoms with Crippen molar-refractivity contribution < 1.29 is 19.3 Å². The number of carbonyl (C=O) groups is 3. The van der Waals surface area contributed by atoms with Crippen molar-refractivity contribution in [2.24, 2.45) is 0 Å². The van der Waals surface area contributed by atoms with Crippen LogP contribution in [0.25, 0.3) is 11.8 Å². The Hall–Kier alpha value is -4.73. The summed E-state index contributed by atoms with van der Waals surface area (Å²) in [6.45, 7) is 5.28. The molecule has 2 aliphatic rings. The predicted molar refractivity (Wildman–Crippen MR) is 142 cm³/mol. The standard InChI is InChI=1S/C28H27N5O5/c1-18-14-21(15-23-26(34)29-28(36)31(27(23)35)17-20-8-4-3-5-9-20)19(2)32(18)22-10-11-24(25(16-22)33(37)38)30-12-6-7-13-30/h3-5,8-11,14-16H,6-7,12-13,17H2,1-2H3,(H,29,34,36)/b23-15+. The van der Waals surface area contributed by atoms with Crippen LogP contribution in [0.3, 0.4) is 0 Å². The largest absolute Gasteiger partial charge is 0.366 e. The van der Waals surface area contributed by atoms with Crippen molar-refractivity contribution >= 4 is 35.3 Å². The normalized spacial score (nSPS) is 16.9. The van der Waals surface area contributed by atoms with Crippen molar-refractivity contribution in [1.29, 1.82) is 0 Å². The fourth-order valence-corrected chi connectivity index (χ4v) is 5.11. The van der Waals surface area contributed by atoms with Crippen LogP contribution < -0.4 is 10.2 Å². The number of imide groups is 2. The summed E-state index contributed by atoms with van der Waals surface area (Å²) in [5, 5.41) is 14.2. The number of carbonyl (C=O) groups excluding carboxylic acids is 3. The minimum absolute atomic E-state index is 0.0299. The Bertz CT molecular complexity index is 1480. The van der Waals surface area contributed by atoms with E-state index < -0.39 is 17.8 Å². The highest BCUT2D eigenvalue weighted by Gasteiger charge is 2.36. The molecule has 2 saturated heterocycles. The first-order valence-corrected chi connectivity index (χ1v) is 12.4. The van der Waals surface area contributed by atoms with Crippen molar-refractivity contribution in [2.45, 2.75) is 33.2 Å². The number of nitrogens with zero attached hydrogens (tertiary/aromatic N) is 4. The maximum absolute atomic E-state index is 13.2. The molecule has 10 heteroatoms. The number of nitrogens with one attached hydrogen (secondary N) is 1. The highest BCUT2D eigenvalue weighted by Crippen LogP contribution is 2.34. The lowest BCUT2D eigenvalue weighted by atomic mass is 10.1. The molecule has 0 aliphatic carbocycles. The van der Waals surface area contributed by atoms with Gasteiger partial charge in [0.05, 0.1) is 17.2 Å². The summed E-state index contributed by atoms with van der Waals surface area (Å²) >= 11 is 0. The molecule has 38 heavy (non-hydrogen) atoms. The first kappa shape index (κ1) is 24.9. The highest BCUT2D eigenvalue weighted by atomic mass is 16.6. The molecule has 10 nitrogen and oxygen atoms in total. The van der Waals surface area contributed by atoms with E-state index in [0.717, 1.165) is 42.1 Å². The lowest BCUT2D eigenvalue weighted by molar-refractivity contribution is -0.384. The van der Waals surface area contributed by atoms with Crippen molar-refractivity contribution in [2.75, 3.05) is 18.0 Å². The monoisotopic (exact) mass is 513 g/mol. The van der Waals surface area contributed by atoms with E-state index in [1.807, 2.05) is 35.4 Å². The van der Waals surface area contributed by atoms with Crippen molar-refractivity contribution in [3.63, 3.8) is 0 Å². The molecular weight excluding hydrogens is 486 g/mol. The second-order valence-corrected chi connectivity index (χ2v) is 9.48. The molecular formula is C28H27N5O5. The number of barbiturate groups is 1. The summed E-state index contributed by atoms with van der Waals surface area (Å²) in [6.07, 6.45) is 3.48. The van der Waals surface area contributed by atoms with Gasteiger partial charge in [-0.25, -0.2) is 4.79 Å². The zero-order valence-corrected chi connectivity index (χ0v) is 21.1. The van der Waals surface area contributed by atoms with Gasteiger partial charge < -0.3 is 9.47 Å². The third-order valence-electron chi connectivity index (χ3n) is 7.00. The molecule has 2 fully saturated rings. The number of aromatic nitrogens is 1. The number of urea groups is 1. The first-order chi connectivity index (χ1) is 18.2. The van der Waals surface area contributed by atoms with Gasteiger partial charge in [-0.2, -0.15) is 0 Å². The fourth-order valence-electron chi connectivity index (χ4n) is 5.11. The van der Waals surface area contributed by atoms with Crippen molar-refractivity contribution in [3.8, 4) is 5.69 Å².